The fourth-order valence-electron chi connectivity index (χ4n) is 6.52. The lowest BCUT2D eigenvalue weighted by molar-refractivity contribution is 0.0939. The van der Waals surface area contributed by atoms with Gasteiger partial charge in [-0.25, -0.2) is 9.59 Å². The highest BCUT2D eigenvalue weighted by Gasteiger charge is 2.20. The first-order valence-corrected chi connectivity index (χ1v) is 22.3. The molecule has 68 heavy (non-hydrogen) atoms. The zero-order valence-corrected chi connectivity index (χ0v) is 39.5. The second-order valence-electron chi connectivity index (χ2n) is 15.8. The molecule has 3 N–H and O–H groups in total. The number of carbonyl (C=O) groups is 4. The molecule has 16 heteroatoms. The van der Waals surface area contributed by atoms with E-state index in [4.69, 9.17) is 37.1 Å². The number of benzene rings is 6. The quantitative estimate of drug-likeness (QED) is 0.0797. The van der Waals surface area contributed by atoms with Crippen LogP contribution in [-0.2, 0) is 13.1 Å². The van der Waals surface area contributed by atoms with Gasteiger partial charge in [0.1, 0.15) is 11.5 Å². The van der Waals surface area contributed by atoms with Crippen LogP contribution in [0.3, 0.4) is 0 Å². The summed E-state index contributed by atoms with van der Waals surface area (Å²) in [5, 5.41) is 13.3. The summed E-state index contributed by atoms with van der Waals surface area (Å²) in [6, 6.07) is 41.8. The normalized spacial score (nSPS) is 10.7. The van der Waals surface area contributed by atoms with Gasteiger partial charge in [0, 0.05) is 47.2 Å². The fourth-order valence-corrected chi connectivity index (χ4v) is 6.97. The van der Waals surface area contributed by atoms with Crippen LogP contribution in [0.15, 0.2) is 155 Å². The van der Waals surface area contributed by atoms with E-state index >= 15 is 0 Å². The Labute approximate surface area is 403 Å². The van der Waals surface area contributed by atoms with Crippen molar-refractivity contribution in [1.29, 1.82) is 0 Å². The van der Waals surface area contributed by atoms with Crippen LogP contribution in [0.2, 0.25) is 10.0 Å². The molecule has 0 aliphatic rings. The van der Waals surface area contributed by atoms with E-state index in [2.05, 4.69) is 21.0 Å². The molecule has 6 aromatic carbocycles. The molecular formula is C52H50Cl2N6O8. The van der Waals surface area contributed by atoms with Crippen LogP contribution >= 0.6 is 23.2 Å². The van der Waals surface area contributed by atoms with Crippen LogP contribution in [0.5, 0.6) is 11.5 Å². The van der Waals surface area contributed by atoms with Gasteiger partial charge in [-0.1, -0.05) is 83.9 Å². The fraction of sp³-hybridized carbons (Fsp3) is 0.192. The number of Topliss-reactive ketones (excluding diaryl/α,β-unsaturated/α-hetero) is 1. The molecule has 0 spiro atoms. The summed E-state index contributed by atoms with van der Waals surface area (Å²) in [5.74, 6) is -0.00535. The number of anilines is 2. The Kier molecular flexibility index (Phi) is 17.3. The first kappa shape index (κ1) is 49.7. The van der Waals surface area contributed by atoms with E-state index in [9.17, 15) is 24.0 Å². The van der Waals surface area contributed by atoms with Gasteiger partial charge in [0.15, 0.2) is 5.78 Å². The minimum absolute atomic E-state index is 0.0106. The number of halogens is 2. The third-order valence-corrected chi connectivity index (χ3v) is 10.4. The average Bonchev–Trinajstić information content (AvgIpc) is 3.70. The summed E-state index contributed by atoms with van der Waals surface area (Å²) in [6.45, 7) is 7.90. The van der Waals surface area contributed by atoms with Gasteiger partial charge in [-0.3, -0.25) is 14.4 Å². The predicted octanol–water partition coefficient (Wildman–Crippen LogP) is 10.6. The smallest absolute Gasteiger partial charge is 0.437 e. The van der Waals surface area contributed by atoms with Gasteiger partial charge in [0.25, 0.3) is 11.8 Å². The van der Waals surface area contributed by atoms with Crippen molar-refractivity contribution in [3.63, 3.8) is 0 Å². The van der Waals surface area contributed by atoms with Crippen molar-refractivity contribution in [2.75, 3.05) is 24.2 Å². The van der Waals surface area contributed by atoms with Crippen LogP contribution in [0.25, 0.3) is 11.5 Å². The first-order chi connectivity index (χ1) is 32.6. The molecule has 0 aliphatic heterocycles. The number of nitrogens with one attached hydrogen (secondary N) is 3. The summed E-state index contributed by atoms with van der Waals surface area (Å²) < 4.78 is 17.8. The minimum Gasteiger partial charge on any atom is -0.489 e. The maximum Gasteiger partial charge on any atom is 0.437 e. The van der Waals surface area contributed by atoms with Gasteiger partial charge in [0.2, 0.25) is 5.89 Å². The van der Waals surface area contributed by atoms with Gasteiger partial charge >= 0.3 is 11.8 Å². The molecule has 7 rings (SSSR count). The van der Waals surface area contributed by atoms with E-state index in [0.29, 0.717) is 55.2 Å². The Morgan fingerprint density at radius 3 is 1.63 bits per heavy atom. The van der Waals surface area contributed by atoms with Crippen molar-refractivity contribution in [3.05, 3.63) is 194 Å². The number of ether oxygens (including phenoxy) is 2. The van der Waals surface area contributed by atoms with Gasteiger partial charge in [-0.15, -0.1) is 5.10 Å². The zero-order valence-electron chi connectivity index (χ0n) is 38.0. The number of hydrogen-bond donors (Lipinski definition) is 3. The van der Waals surface area contributed by atoms with Crippen LogP contribution < -0.4 is 31.2 Å². The number of amides is 4. The SMILES string of the molecule is CC(C)Oc1ccc(-c2nn(Cc3ccc(NC(=O)c4ccccc4)cc3)c(=O)o2)cc1Cl.CNC(=O)N(CC(=O)c1ccc(OC(C)C)c(Cl)c1)Cc1ccc(NC(=O)c2ccccc2)cc1. The molecular weight excluding hydrogens is 908 g/mol. The van der Waals surface area contributed by atoms with Crippen LogP contribution in [-0.4, -0.2) is 64.1 Å². The van der Waals surface area contributed by atoms with E-state index in [1.807, 2.05) is 64.1 Å². The topological polar surface area (TPSA) is 174 Å². The van der Waals surface area contributed by atoms with E-state index in [0.717, 1.165) is 11.1 Å². The van der Waals surface area contributed by atoms with E-state index in [1.54, 1.807) is 109 Å². The third kappa shape index (κ3) is 14.2. The highest BCUT2D eigenvalue weighted by atomic mass is 35.5. The van der Waals surface area contributed by atoms with E-state index < -0.39 is 5.76 Å². The number of nitrogens with zero attached hydrogens (tertiary/aromatic N) is 3. The first-order valence-electron chi connectivity index (χ1n) is 21.6. The molecule has 1 heterocycles. The lowest BCUT2D eigenvalue weighted by Gasteiger charge is -2.22. The van der Waals surface area contributed by atoms with Crippen molar-refractivity contribution in [3.8, 4) is 23.0 Å². The molecule has 350 valence electrons. The van der Waals surface area contributed by atoms with Gasteiger partial charge in [0.05, 0.1) is 35.3 Å². The summed E-state index contributed by atoms with van der Waals surface area (Å²) in [5.41, 5.74) is 5.01. The molecule has 1 aromatic heterocycles. The summed E-state index contributed by atoms with van der Waals surface area (Å²) in [7, 11) is 1.51. The van der Waals surface area contributed by atoms with Crippen molar-refractivity contribution in [2.45, 2.75) is 53.0 Å². The van der Waals surface area contributed by atoms with Gasteiger partial charge in [-0.05, 0) is 124 Å². The summed E-state index contributed by atoms with van der Waals surface area (Å²) in [6.07, 6.45) is -0.0561. The minimum atomic E-state index is -0.579. The Balaban J connectivity index is 0.000000224. The van der Waals surface area contributed by atoms with Crippen molar-refractivity contribution >= 4 is 58.2 Å². The summed E-state index contributed by atoms with van der Waals surface area (Å²) in [4.78, 5) is 63.7. The Bertz CT molecular complexity index is 2890. The van der Waals surface area contributed by atoms with E-state index in [-0.39, 0.29) is 61.4 Å². The molecule has 14 nitrogen and oxygen atoms in total. The van der Waals surface area contributed by atoms with Crippen LogP contribution in [0.4, 0.5) is 16.2 Å². The van der Waals surface area contributed by atoms with Crippen LogP contribution in [0, 0.1) is 0 Å². The highest BCUT2D eigenvalue weighted by Crippen LogP contribution is 2.30. The number of hydrogen-bond acceptors (Lipinski definition) is 9. The molecule has 0 fully saturated rings. The van der Waals surface area contributed by atoms with Crippen molar-refractivity contribution < 1.29 is 33.1 Å². The molecule has 0 unspecified atom stereocenters. The Morgan fingerprint density at radius 1 is 0.647 bits per heavy atom. The molecule has 4 amide bonds. The maximum absolute atomic E-state index is 12.9. The molecule has 0 radical (unpaired) electrons. The molecule has 0 saturated heterocycles. The van der Waals surface area contributed by atoms with Crippen LogP contribution in [0.1, 0.15) is 69.9 Å². The highest BCUT2D eigenvalue weighted by molar-refractivity contribution is 6.32. The molecule has 0 aliphatic carbocycles. The molecule has 0 saturated carbocycles. The monoisotopic (exact) mass is 956 g/mol. The molecule has 0 bridgehead atoms. The van der Waals surface area contributed by atoms with Gasteiger partial charge in [-0.2, -0.15) is 4.68 Å². The second-order valence-corrected chi connectivity index (χ2v) is 16.6. The summed E-state index contributed by atoms with van der Waals surface area (Å²) >= 11 is 12.5. The van der Waals surface area contributed by atoms with Crippen molar-refractivity contribution in [2.24, 2.45) is 0 Å². The van der Waals surface area contributed by atoms with Gasteiger partial charge < -0.3 is 34.7 Å². The zero-order chi connectivity index (χ0) is 48.7. The lowest BCUT2D eigenvalue weighted by Crippen LogP contribution is -2.40. The largest absolute Gasteiger partial charge is 0.489 e. The second kappa shape index (κ2) is 23.7. The number of rotatable bonds is 16. The number of aromatic nitrogens is 2. The average molecular weight is 958 g/mol. The Morgan fingerprint density at radius 2 is 1.15 bits per heavy atom. The molecule has 0 atom stereocenters. The third-order valence-electron chi connectivity index (χ3n) is 9.80. The maximum atomic E-state index is 12.9. The van der Waals surface area contributed by atoms with Crippen molar-refractivity contribution in [1.82, 2.24) is 20.0 Å². The number of urea groups is 1. The number of ketones is 1. The Hall–Kier alpha value is -7.68. The van der Waals surface area contributed by atoms with E-state index in [1.165, 1.54) is 16.6 Å². The number of carbonyl (C=O) groups excluding carboxylic acids is 4. The standard InChI is InChI=1S/C27H28ClN3O4.C25H22ClN3O4/c1-18(2)35-25-14-11-21(15-23(25)28)24(32)17-31(27(34)29-3)16-19-9-12-22(13-10-19)30-26(33)20-7-5-4-6-8-20;1-16(2)32-22-13-10-19(14-21(22)26)24-28-29(25(31)33-24)15-17-8-11-20(12-9-17)27-23(30)18-6-4-3-5-7-18/h4-15,18H,16-17H2,1-3H3,(H,29,34)(H,30,33);3-14,16H,15H2,1-2H3,(H,27,30). The predicted molar refractivity (Wildman–Crippen MR) is 264 cm³/mol. The lowest BCUT2D eigenvalue weighted by atomic mass is 10.1. The molecule has 7 aromatic rings.